The molecule has 0 unspecified atom stereocenters. The van der Waals surface area contributed by atoms with Gasteiger partial charge in [0.2, 0.25) is 0 Å². The molecule has 4 N–H and O–H groups in total. The molecule has 144 valence electrons. The second-order valence-corrected chi connectivity index (χ2v) is 7.21. The maximum Gasteiger partial charge on any atom is 0.254 e. The molecule has 0 fully saturated rings. The number of nitrogens with one attached hydrogen (secondary N) is 1. The van der Waals surface area contributed by atoms with Gasteiger partial charge in [0, 0.05) is 53.5 Å². The summed E-state index contributed by atoms with van der Waals surface area (Å²) in [5, 5.41) is 30.1. The molecule has 0 aliphatic carbocycles. The fourth-order valence-electron chi connectivity index (χ4n) is 3.39. The Bertz CT molecular complexity index is 1070. The number of nitrogens with zero attached hydrogens (tertiary/aromatic N) is 2. The Kier molecular flexibility index (Phi) is 4.70. The molecule has 4 rings (SSSR count). The van der Waals surface area contributed by atoms with Gasteiger partial charge < -0.3 is 20.3 Å². The number of phenolic OH excluding ortho intramolecular Hbond substituents is 3. The van der Waals surface area contributed by atoms with Gasteiger partial charge in [-0.1, -0.05) is 11.6 Å². The number of halogens is 1. The van der Waals surface area contributed by atoms with Crippen molar-refractivity contribution in [2.24, 2.45) is 0 Å². The molecule has 3 aromatic rings. The van der Waals surface area contributed by atoms with Crippen molar-refractivity contribution in [1.82, 2.24) is 14.9 Å². The lowest BCUT2D eigenvalue weighted by atomic mass is 10.0. The molecule has 1 aromatic heterocycles. The number of aromatic nitrogens is 2. The van der Waals surface area contributed by atoms with E-state index in [-0.39, 0.29) is 29.4 Å². The molecule has 2 aromatic carbocycles. The SMILES string of the molecule is O=c1[nH]c(-c2ccc(Cl)cc2)nc2c1CCN(Cc1c(O)cc(O)cc1O)C2. The van der Waals surface area contributed by atoms with Crippen LogP contribution in [0.5, 0.6) is 17.2 Å². The molecule has 28 heavy (non-hydrogen) atoms. The average molecular weight is 400 g/mol. The van der Waals surface area contributed by atoms with Crippen LogP contribution in [0.1, 0.15) is 16.8 Å². The first kappa shape index (κ1) is 18.3. The zero-order valence-corrected chi connectivity index (χ0v) is 15.6. The van der Waals surface area contributed by atoms with Crippen molar-refractivity contribution in [3.63, 3.8) is 0 Å². The number of fused-ring (bicyclic) bond motifs is 1. The Morgan fingerprint density at radius 1 is 1.11 bits per heavy atom. The zero-order chi connectivity index (χ0) is 19.8. The van der Waals surface area contributed by atoms with Crippen LogP contribution >= 0.6 is 11.6 Å². The van der Waals surface area contributed by atoms with E-state index in [1.54, 1.807) is 24.3 Å². The monoisotopic (exact) mass is 399 g/mol. The van der Waals surface area contributed by atoms with Gasteiger partial charge in [-0.05, 0) is 30.7 Å². The molecule has 0 radical (unpaired) electrons. The molecule has 0 amide bonds. The predicted molar refractivity (Wildman–Crippen MR) is 105 cm³/mol. The van der Waals surface area contributed by atoms with Crippen LogP contribution in [0.25, 0.3) is 11.4 Å². The Morgan fingerprint density at radius 2 is 1.79 bits per heavy atom. The fourth-order valence-corrected chi connectivity index (χ4v) is 3.51. The highest BCUT2D eigenvalue weighted by Crippen LogP contribution is 2.33. The lowest BCUT2D eigenvalue weighted by molar-refractivity contribution is 0.234. The Labute approximate surface area is 165 Å². The van der Waals surface area contributed by atoms with Crippen molar-refractivity contribution >= 4 is 11.6 Å². The van der Waals surface area contributed by atoms with Crippen molar-refractivity contribution in [2.45, 2.75) is 19.5 Å². The molecule has 1 aliphatic heterocycles. The first-order chi connectivity index (χ1) is 13.4. The lowest BCUT2D eigenvalue weighted by Gasteiger charge is -2.28. The quantitative estimate of drug-likeness (QED) is 0.539. The third-order valence-corrected chi connectivity index (χ3v) is 5.09. The second-order valence-electron chi connectivity index (χ2n) is 6.77. The molecule has 7 nitrogen and oxygen atoms in total. The van der Waals surface area contributed by atoms with Crippen LogP contribution in [0.15, 0.2) is 41.2 Å². The van der Waals surface area contributed by atoms with Crippen LogP contribution < -0.4 is 5.56 Å². The number of benzene rings is 2. The van der Waals surface area contributed by atoms with Gasteiger partial charge in [-0.3, -0.25) is 9.69 Å². The lowest BCUT2D eigenvalue weighted by Crippen LogP contribution is -2.35. The average Bonchev–Trinajstić information content (AvgIpc) is 2.65. The molecule has 0 saturated carbocycles. The maximum atomic E-state index is 12.5. The third-order valence-electron chi connectivity index (χ3n) is 4.84. The number of H-pyrrole nitrogens is 1. The van der Waals surface area contributed by atoms with E-state index in [2.05, 4.69) is 9.97 Å². The van der Waals surface area contributed by atoms with Gasteiger partial charge >= 0.3 is 0 Å². The summed E-state index contributed by atoms with van der Waals surface area (Å²) >= 11 is 5.92. The van der Waals surface area contributed by atoms with E-state index in [0.717, 1.165) is 5.56 Å². The van der Waals surface area contributed by atoms with Crippen molar-refractivity contribution in [3.05, 3.63) is 68.6 Å². The van der Waals surface area contributed by atoms with Gasteiger partial charge in [0.25, 0.3) is 5.56 Å². The minimum atomic E-state index is -0.205. The Morgan fingerprint density at radius 3 is 2.46 bits per heavy atom. The first-order valence-corrected chi connectivity index (χ1v) is 9.12. The molecular formula is C20H18ClN3O4. The van der Waals surface area contributed by atoms with Crippen LogP contribution in [0.3, 0.4) is 0 Å². The normalized spacial score (nSPS) is 14.0. The largest absolute Gasteiger partial charge is 0.508 e. The Hall–Kier alpha value is -3.03. The summed E-state index contributed by atoms with van der Waals surface area (Å²) in [6.07, 6.45) is 0.512. The standard InChI is InChI=1S/C20H18ClN3O4/c21-12-3-1-11(2-4-12)19-22-16-10-24(6-5-14(16)20(28)23-19)9-15-17(26)7-13(25)8-18(15)27/h1-4,7-8,25-27H,5-6,9-10H2,(H,22,23,28). The fraction of sp³-hybridized carbons (Fsp3) is 0.200. The summed E-state index contributed by atoms with van der Waals surface area (Å²) in [5.74, 6) is -0.0887. The molecule has 0 atom stereocenters. The highest BCUT2D eigenvalue weighted by molar-refractivity contribution is 6.30. The van der Waals surface area contributed by atoms with Crippen LogP contribution in [-0.4, -0.2) is 36.7 Å². The van der Waals surface area contributed by atoms with Crippen molar-refractivity contribution in [1.29, 1.82) is 0 Å². The third kappa shape index (κ3) is 3.54. The number of phenols is 3. The minimum absolute atomic E-state index is 0.162. The summed E-state index contributed by atoms with van der Waals surface area (Å²) in [5.41, 5.74) is 2.23. The summed E-state index contributed by atoms with van der Waals surface area (Å²) < 4.78 is 0. The van der Waals surface area contributed by atoms with Crippen molar-refractivity contribution in [2.75, 3.05) is 6.54 Å². The summed E-state index contributed by atoms with van der Waals surface area (Å²) in [7, 11) is 0. The second kappa shape index (κ2) is 7.18. The summed E-state index contributed by atoms with van der Waals surface area (Å²) in [6.45, 7) is 1.25. The van der Waals surface area contributed by atoms with Crippen LogP contribution in [0.2, 0.25) is 5.02 Å². The molecule has 1 aliphatic rings. The van der Waals surface area contributed by atoms with E-state index in [1.807, 2.05) is 4.90 Å². The predicted octanol–water partition coefficient (Wildman–Crippen LogP) is 2.77. The van der Waals surface area contributed by atoms with Crippen molar-refractivity contribution < 1.29 is 15.3 Å². The van der Waals surface area contributed by atoms with Gasteiger partial charge in [0.1, 0.15) is 23.1 Å². The van der Waals surface area contributed by atoms with E-state index in [9.17, 15) is 20.1 Å². The summed E-state index contributed by atoms with van der Waals surface area (Å²) in [6, 6.07) is 9.43. The minimum Gasteiger partial charge on any atom is -0.508 e. The number of hydrogen-bond acceptors (Lipinski definition) is 6. The van der Waals surface area contributed by atoms with Crippen LogP contribution in [0.4, 0.5) is 0 Å². The Balaban J connectivity index is 1.63. The number of aromatic hydroxyl groups is 3. The van der Waals surface area contributed by atoms with Crippen molar-refractivity contribution in [3.8, 4) is 28.6 Å². The molecule has 2 heterocycles. The zero-order valence-electron chi connectivity index (χ0n) is 14.8. The molecule has 0 bridgehead atoms. The van der Waals surface area contributed by atoms with E-state index in [4.69, 9.17) is 11.6 Å². The van der Waals surface area contributed by atoms with Gasteiger partial charge in [-0.2, -0.15) is 0 Å². The topological polar surface area (TPSA) is 110 Å². The van der Waals surface area contributed by atoms with Crippen LogP contribution in [0, 0.1) is 0 Å². The highest BCUT2D eigenvalue weighted by Gasteiger charge is 2.23. The molecule has 0 spiro atoms. The van der Waals surface area contributed by atoms with Gasteiger partial charge in [0.05, 0.1) is 5.69 Å². The molecule has 8 heteroatoms. The highest BCUT2D eigenvalue weighted by atomic mass is 35.5. The molecular weight excluding hydrogens is 382 g/mol. The maximum absolute atomic E-state index is 12.5. The van der Waals surface area contributed by atoms with E-state index >= 15 is 0 Å². The van der Waals surface area contributed by atoms with E-state index < -0.39 is 0 Å². The van der Waals surface area contributed by atoms with E-state index in [1.165, 1.54) is 12.1 Å². The number of rotatable bonds is 3. The first-order valence-electron chi connectivity index (χ1n) is 8.75. The molecule has 0 saturated heterocycles. The van der Waals surface area contributed by atoms with Crippen LogP contribution in [-0.2, 0) is 19.5 Å². The summed E-state index contributed by atoms with van der Waals surface area (Å²) in [4.78, 5) is 21.9. The van der Waals surface area contributed by atoms with Gasteiger partial charge in [-0.25, -0.2) is 4.98 Å². The smallest absolute Gasteiger partial charge is 0.254 e. The van der Waals surface area contributed by atoms with E-state index in [0.29, 0.717) is 47.2 Å². The van der Waals surface area contributed by atoms with Gasteiger partial charge in [-0.15, -0.1) is 0 Å². The number of hydrogen-bond donors (Lipinski definition) is 4. The van der Waals surface area contributed by atoms with Gasteiger partial charge in [0.15, 0.2) is 0 Å². The number of aromatic amines is 1.